The zero-order valence-corrected chi connectivity index (χ0v) is 20.6. The van der Waals surface area contributed by atoms with E-state index in [0.29, 0.717) is 12.8 Å². The molecular formula is C24H38N2O8. The van der Waals surface area contributed by atoms with E-state index in [1.807, 2.05) is 6.92 Å². The van der Waals surface area contributed by atoms with Gasteiger partial charge in [-0.05, 0) is 52.4 Å². The van der Waals surface area contributed by atoms with Gasteiger partial charge in [0.05, 0.1) is 12.6 Å². The smallest absolute Gasteiger partial charge is 0.465 e. The summed E-state index contributed by atoms with van der Waals surface area (Å²) in [5.74, 6) is -0.851. The lowest BCUT2D eigenvalue weighted by Crippen LogP contribution is -2.56. The van der Waals surface area contributed by atoms with Crippen LogP contribution in [0, 0.1) is 5.92 Å². The van der Waals surface area contributed by atoms with E-state index in [0.717, 1.165) is 32.1 Å². The zero-order valence-electron chi connectivity index (χ0n) is 20.6. The van der Waals surface area contributed by atoms with Gasteiger partial charge >= 0.3 is 18.1 Å². The Labute approximate surface area is 201 Å². The minimum atomic E-state index is -0.777. The SMILES string of the molecule is CCC[C@H](NC(C)C(=O)N1[C@H](C(=O)OC[C@@H]2OC(=O)OC2C)C[C@@H]2CCCC[C@@H]21)C(=O)OCC. The number of carbonyl (C=O) groups is 4. The summed E-state index contributed by atoms with van der Waals surface area (Å²) in [5.41, 5.74) is 0. The molecule has 0 spiro atoms. The summed E-state index contributed by atoms with van der Waals surface area (Å²) < 4.78 is 20.6. The largest absolute Gasteiger partial charge is 0.509 e. The van der Waals surface area contributed by atoms with Crippen molar-refractivity contribution < 1.29 is 38.1 Å². The van der Waals surface area contributed by atoms with Gasteiger partial charge in [0.25, 0.3) is 0 Å². The molecule has 1 saturated carbocycles. The van der Waals surface area contributed by atoms with E-state index < -0.39 is 42.5 Å². The Kier molecular flexibility index (Phi) is 9.16. The second-order valence-electron chi connectivity index (χ2n) is 9.45. The summed E-state index contributed by atoms with van der Waals surface area (Å²) >= 11 is 0. The van der Waals surface area contributed by atoms with Gasteiger partial charge in [0.1, 0.15) is 24.8 Å². The predicted molar refractivity (Wildman–Crippen MR) is 121 cm³/mol. The van der Waals surface area contributed by atoms with E-state index >= 15 is 0 Å². The van der Waals surface area contributed by atoms with Gasteiger partial charge in [0, 0.05) is 6.04 Å². The van der Waals surface area contributed by atoms with Crippen molar-refractivity contribution in [2.24, 2.45) is 5.92 Å². The molecule has 3 fully saturated rings. The minimum Gasteiger partial charge on any atom is -0.465 e. The molecule has 34 heavy (non-hydrogen) atoms. The first-order chi connectivity index (χ1) is 16.3. The Balaban J connectivity index is 1.69. The Morgan fingerprint density at radius 1 is 1.15 bits per heavy atom. The first-order valence-corrected chi connectivity index (χ1v) is 12.6. The molecule has 2 saturated heterocycles. The lowest BCUT2D eigenvalue weighted by Gasteiger charge is -2.35. The van der Waals surface area contributed by atoms with Crippen molar-refractivity contribution in [3.63, 3.8) is 0 Å². The van der Waals surface area contributed by atoms with Crippen LogP contribution >= 0.6 is 0 Å². The molecule has 1 amide bonds. The van der Waals surface area contributed by atoms with Crippen LogP contribution in [0.4, 0.5) is 4.79 Å². The molecule has 2 unspecified atom stereocenters. The van der Waals surface area contributed by atoms with Gasteiger partial charge in [0.15, 0.2) is 6.10 Å². The predicted octanol–water partition coefficient (Wildman–Crippen LogP) is 2.32. The first kappa shape index (κ1) is 26.2. The van der Waals surface area contributed by atoms with Crippen molar-refractivity contribution in [3.8, 4) is 0 Å². The number of likely N-dealkylation sites (tertiary alicyclic amines) is 1. The molecule has 3 rings (SSSR count). The molecule has 1 aliphatic carbocycles. The monoisotopic (exact) mass is 482 g/mol. The van der Waals surface area contributed by atoms with Crippen molar-refractivity contribution in [2.75, 3.05) is 13.2 Å². The fourth-order valence-electron chi connectivity index (χ4n) is 5.29. The highest BCUT2D eigenvalue weighted by molar-refractivity contribution is 5.89. The van der Waals surface area contributed by atoms with Crippen LogP contribution in [0.1, 0.15) is 72.6 Å². The van der Waals surface area contributed by atoms with E-state index in [9.17, 15) is 19.2 Å². The van der Waals surface area contributed by atoms with E-state index in [1.54, 1.807) is 25.7 Å². The van der Waals surface area contributed by atoms with Crippen molar-refractivity contribution >= 4 is 24.0 Å². The second-order valence-corrected chi connectivity index (χ2v) is 9.45. The molecule has 7 atom stereocenters. The number of rotatable bonds is 10. The second kappa shape index (κ2) is 11.9. The lowest BCUT2D eigenvalue weighted by molar-refractivity contribution is -0.158. The van der Waals surface area contributed by atoms with E-state index in [-0.39, 0.29) is 37.0 Å². The van der Waals surface area contributed by atoms with Gasteiger partial charge in [-0.3, -0.25) is 14.9 Å². The maximum Gasteiger partial charge on any atom is 0.509 e. The lowest BCUT2D eigenvalue weighted by atomic mass is 9.84. The van der Waals surface area contributed by atoms with Gasteiger partial charge in [-0.15, -0.1) is 0 Å². The molecule has 10 nitrogen and oxygen atoms in total. The molecular weight excluding hydrogens is 444 g/mol. The van der Waals surface area contributed by atoms with Crippen LogP contribution < -0.4 is 5.32 Å². The highest BCUT2D eigenvalue weighted by Crippen LogP contribution is 2.40. The number of nitrogens with zero attached hydrogens (tertiary/aromatic N) is 1. The number of carbonyl (C=O) groups excluding carboxylic acids is 4. The number of esters is 2. The Hall–Kier alpha value is -2.36. The van der Waals surface area contributed by atoms with Crippen molar-refractivity contribution in [1.82, 2.24) is 10.2 Å². The molecule has 10 heteroatoms. The third-order valence-corrected chi connectivity index (χ3v) is 7.03. The Morgan fingerprint density at radius 3 is 2.53 bits per heavy atom. The Morgan fingerprint density at radius 2 is 1.88 bits per heavy atom. The van der Waals surface area contributed by atoms with Gasteiger partial charge in [-0.25, -0.2) is 9.59 Å². The number of hydrogen-bond acceptors (Lipinski definition) is 9. The average Bonchev–Trinajstić information content (AvgIpc) is 3.35. The maximum atomic E-state index is 13.6. The first-order valence-electron chi connectivity index (χ1n) is 12.6. The molecule has 0 bridgehead atoms. The fraction of sp³-hybridized carbons (Fsp3) is 0.833. The molecule has 1 N–H and O–H groups in total. The normalized spacial score (nSPS) is 30.1. The van der Waals surface area contributed by atoms with Gasteiger partial charge in [-0.2, -0.15) is 0 Å². The van der Waals surface area contributed by atoms with Crippen LogP contribution in [0.3, 0.4) is 0 Å². The fourth-order valence-corrected chi connectivity index (χ4v) is 5.29. The highest BCUT2D eigenvalue weighted by atomic mass is 16.8. The number of fused-ring (bicyclic) bond motifs is 1. The number of cyclic esters (lactones) is 2. The number of hydrogen-bond donors (Lipinski definition) is 1. The maximum absolute atomic E-state index is 13.6. The molecule has 2 heterocycles. The van der Waals surface area contributed by atoms with E-state index in [2.05, 4.69) is 5.32 Å². The van der Waals surface area contributed by atoms with Crippen LogP contribution in [0.5, 0.6) is 0 Å². The molecule has 0 aromatic carbocycles. The van der Waals surface area contributed by atoms with Crippen molar-refractivity contribution in [2.45, 2.75) is 109 Å². The van der Waals surface area contributed by atoms with E-state index in [4.69, 9.17) is 18.9 Å². The number of nitrogens with one attached hydrogen (secondary N) is 1. The summed E-state index contributed by atoms with van der Waals surface area (Å²) in [7, 11) is 0. The summed E-state index contributed by atoms with van der Waals surface area (Å²) in [6.07, 6.45) is 3.80. The summed E-state index contributed by atoms with van der Waals surface area (Å²) in [6.45, 7) is 7.26. The Bertz CT molecular complexity index is 759. The molecule has 0 aromatic heterocycles. The highest BCUT2D eigenvalue weighted by Gasteiger charge is 2.49. The molecule has 0 radical (unpaired) electrons. The van der Waals surface area contributed by atoms with Gasteiger partial charge in [-0.1, -0.05) is 26.2 Å². The number of ether oxygens (including phenoxy) is 4. The summed E-state index contributed by atoms with van der Waals surface area (Å²) in [4.78, 5) is 52.0. The van der Waals surface area contributed by atoms with E-state index in [1.165, 1.54) is 0 Å². The van der Waals surface area contributed by atoms with Gasteiger partial charge in [0.2, 0.25) is 5.91 Å². The van der Waals surface area contributed by atoms with Crippen molar-refractivity contribution in [3.05, 3.63) is 0 Å². The average molecular weight is 483 g/mol. The molecule has 3 aliphatic rings. The topological polar surface area (TPSA) is 120 Å². The van der Waals surface area contributed by atoms with Crippen molar-refractivity contribution in [1.29, 1.82) is 0 Å². The van der Waals surface area contributed by atoms with Gasteiger partial charge < -0.3 is 23.8 Å². The summed E-state index contributed by atoms with van der Waals surface area (Å²) in [5, 5.41) is 3.13. The quantitative estimate of drug-likeness (QED) is 0.369. The third-order valence-electron chi connectivity index (χ3n) is 7.03. The third kappa shape index (κ3) is 6.00. The van der Waals surface area contributed by atoms with Crippen LogP contribution in [0.15, 0.2) is 0 Å². The van der Waals surface area contributed by atoms with Crippen LogP contribution in [-0.2, 0) is 33.3 Å². The zero-order chi connectivity index (χ0) is 24.8. The molecule has 0 aromatic rings. The minimum absolute atomic E-state index is 0.0261. The van der Waals surface area contributed by atoms with Crippen LogP contribution in [0.25, 0.3) is 0 Å². The number of amides is 1. The van der Waals surface area contributed by atoms with Crippen LogP contribution in [0.2, 0.25) is 0 Å². The van der Waals surface area contributed by atoms with Crippen LogP contribution in [-0.4, -0.2) is 78.5 Å². The standard InChI is InChI=1S/C24H38N2O8/c1-5-9-17(22(28)31-6-2)25-14(3)21(27)26-18-11-8-7-10-16(18)12-19(26)23(29)32-13-20-15(4)33-24(30)34-20/h14-20,25H,5-13H2,1-4H3/t14?,15?,16-,17-,18-,19-,20-/m0/s1. The summed E-state index contributed by atoms with van der Waals surface area (Å²) in [6, 6.07) is -1.98. The molecule has 192 valence electrons. The molecule has 2 aliphatic heterocycles.